The molecule has 0 aromatic rings. The van der Waals surface area contributed by atoms with Crippen LogP contribution in [0.3, 0.4) is 0 Å². The highest BCUT2D eigenvalue weighted by atomic mass is 16.5. The summed E-state index contributed by atoms with van der Waals surface area (Å²) in [7, 11) is 0. The van der Waals surface area contributed by atoms with Gasteiger partial charge >= 0.3 is 0 Å². The fourth-order valence-electron chi connectivity index (χ4n) is 3.05. The van der Waals surface area contributed by atoms with Crippen LogP contribution in [0.25, 0.3) is 0 Å². The molecule has 2 nitrogen and oxygen atoms in total. The average molecular weight is 227 g/mol. The first-order valence-electron chi connectivity index (χ1n) is 7.09. The molecule has 0 aromatic carbocycles. The average Bonchev–Trinajstić information content (AvgIpc) is 2.34. The van der Waals surface area contributed by atoms with Gasteiger partial charge in [-0.1, -0.05) is 19.8 Å². The van der Waals surface area contributed by atoms with E-state index < -0.39 is 0 Å². The third-order valence-corrected chi connectivity index (χ3v) is 4.20. The van der Waals surface area contributed by atoms with E-state index in [1.54, 1.807) is 0 Å². The predicted molar refractivity (Wildman–Crippen MR) is 69.4 cm³/mol. The Bertz CT molecular complexity index is 172. The molecule has 2 heteroatoms. The Labute approximate surface area is 101 Å². The summed E-state index contributed by atoms with van der Waals surface area (Å²) in [6.07, 6.45) is 8.04. The molecule has 0 spiro atoms. The van der Waals surface area contributed by atoms with Crippen molar-refractivity contribution in [1.82, 2.24) is 0 Å². The Balaban J connectivity index is 2.27. The van der Waals surface area contributed by atoms with Crippen LogP contribution in [-0.2, 0) is 4.74 Å². The second kappa shape index (κ2) is 8.08. The van der Waals surface area contributed by atoms with Crippen LogP contribution in [0.5, 0.6) is 0 Å². The molecule has 1 saturated carbocycles. The summed E-state index contributed by atoms with van der Waals surface area (Å²) in [5, 5.41) is 0. The van der Waals surface area contributed by atoms with Gasteiger partial charge in [-0.3, -0.25) is 0 Å². The highest BCUT2D eigenvalue weighted by Crippen LogP contribution is 2.37. The lowest BCUT2D eigenvalue weighted by molar-refractivity contribution is 0.119. The third-order valence-electron chi connectivity index (χ3n) is 4.20. The van der Waals surface area contributed by atoms with Crippen LogP contribution in [0.4, 0.5) is 0 Å². The van der Waals surface area contributed by atoms with Crippen LogP contribution in [0.2, 0.25) is 0 Å². The predicted octanol–water partition coefficient (Wildman–Crippen LogP) is 3.20. The molecule has 96 valence electrons. The minimum Gasteiger partial charge on any atom is -0.382 e. The van der Waals surface area contributed by atoms with E-state index in [0.29, 0.717) is 0 Å². The number of rotatable bonds is 7. The first-order chi connectivity index (χ1) is 7.81. The van der Waals surface area contributed by atoms with Gasteiger partial charge in [0.2, 0.25) is 0 Å². The molecule has 2 N–H and O–H groups in total. The highest BCUT2D eigenvalue weighted by Gasteiger charge is 2.28. The van der Waals surface area contributed by atoms with Crippen molar-refractivity contribution in [2.45, 2.75) is 52.4 Å². The number of nitrogens with two attached hydrogens (primary N) is 1. The Morgan fingerprint density at radius 3 is 2.62 bits per heavy atom. The van der Waals surface area contributed by atoms with E-state index in [0.717, 1.165) is 37.5 Å². The van der Waals surface area contributed by atoms with Gasteiger partial charge in [-0.05, 0) is 56.9 Å². The summed E-state index contributed by atoms with van der Waals surface area (Å²) in [4.78, 5) is 0. The maximum atomic E-state index is 5.88. The number of hydrogen-bond acceptors (Lipinski definition) is 2. The normalized spacial score (nSPS) is 30.6. The van der Waals surface area contributed by atoms with Gasteiger partial charge in [0, 0.05) is 13.2 Å². The van der Waals surface area contributed by atoms with Gasteiger partial charge in [0.05, 0.1) is 0 Å². The van der Waals surface area contributed by atoms with E-state index in [1.165, 1.54) is 38.5 Å². The maximum Gasteiger partial charge on any atom is 0.0465 e. The third kappa shape index (κ3) is 4.42. The summed E-state index contributed by atoms with van der Waals surface area (Å²) >= 11 is 0. The monoisotopic (exact) mass is 227 g/mol. The molecular weight excluding hydrogens is 198 g/mol. The quantitative estimate of drug-likeness (QED) is 0.678. The molecule has 0 bridgehead atoms. The highest BCUT2D eigenvalue weighted by molar-refractivity contribution is 4.80. The molecule has 0 saturated heterocycles. The van der Waals surface area contributed by atoms with Crippen molar-refractivity contribution in [3.63, 3.8) is 0 Å². The Kier molecular flexibility index (Phi) is 7.06. The fourth-order valence-corrected chi connectivity index (χ4v) is 3.05. The molecule has 1 aliphatic rings. The lowest BCUT2D eigenvalue weighted by Crippen LogP contribution is -2.30. The summed E-state index contributed by atoms with van der Waals surface area (Å²) in [5.41, 5.74) is 5.88. The van der Waals surface area contributed by atoms with Crippen molar-refractivity contribution in [3.8, 4) is 0 Å². The van der Waals surface area contributed by atoms with Gasteiger partial charge in [-0.2, -0.15) is 0 Å². The van der Waals surface area contributed by atoms with Crippen molar-refractivity contribution in [1.29, 1.82) is 0 Å². The van der Waals surface area contributed by atoms with Gasteiger partial charge in [-0.25, -0.2) is 0 Å². The first kappa shape index (κ1) is 14.0. The summed E-state index contributed by atoms with van der Waals surface area (Å²) in [5.74, 6) is 2.61. The van der Waals surface area contributed by atoms with E-state index in [2.05, 4.69) is 13.8 Å². The fraction of sp³-hybridized carbons (Fsp3) is 1.00. The lowest BCUT2D eigenvalue weighted by atomic mass is 9.71. The Morgan fingerprint density at radius 1 is 1.19 bits per heavy atom. The molecule has 0 aliphatic heterocycles. The molecule has 0 amide bonds. The van der Waals surface area contributed by atoms with Crippen molar-refractivity contribution in [3.05, 3.63) is 0 Å². The summed E-state index contributed by atoms with van der Waals surface area (Å²) < 4.78 is 5.42. The van der Waals surface area contributed by atoms with Gasteiger partial charge in [0.1, 0.15) is 0 Å². The molecule has 0 heterocycles. The topological polar surface area (TPSA) is 35.2 Å². The van der Waals surface area contributed by atoms with Crippen molar-refractivity contribution in [2.75, 3.05) is 19.8 Å². The smallest absolute Gasteiger partial charge is 0.0465 e. The molecule has 3 atom stereocenters. The van der Waals surface area contributed by atoms with Gasteiger partial charge in [0.15, 0.2) is 0 Å². The van der Waals surface area contributed by atoms with Crippen molar-refractivity contribution < 1.29 is 4.74 Å². The maximum absolute atomic E-state index is 5.88. The minimum absolute atomic E-state index is 0.782. The zero-order chi connectivity index (χ0) is 11.8. The SMILES string of the molecule is CCOCCCC1CC(CC)CCC1CN. The van der Waals surface area contributed by atoms with Gasteiger partial charge in [0.25, 0.3) is 0 Å². The lowest BCUT2D eigenvalue weighted by Gasteiger charge is -2.35. The zero-order valence-corrected chi connectivity index (χ0v) is 11.1. The van der Waals surface area contributed by atoms with Crippen molar-refractivity contribution in [2.24, 2.45) is 23.5 Å². The molecule has 1 rings (SSSR count). The molecule has 0 aromatic heterocycles. The van der Waals surface area contributed by atoms with Crippen LogP contribution in [0.15, 0.2) is 0 Å². The van der Waals surface area contributed by atoms with E-state index in [1.807, 2.05) is 0 Å². The van der Waals surface area contributed by atoms with E-state index in [4.69, 9.17) is 10.5 Å². The molecule has 3 unspecified atom stereocenters. The summed E-state index contributed by atoms with van der Waals surface area (Å²) in [6, 6.07) is 0. The second-order valence-corrected chi connectivity index (χ2v) is 5.18. The molecule has 0 radical (unpaired) electrons. The van der Waals surface area contributed by atoms with Crippen LogP contribution < -0.4 is 5.73 Å². The van der Waals surface area contributed by atoms with E-state index in [-0.39, 0.29) is 0 Å². The van der Waals surface area contributed by atoms with E-state index >= 15 is 0 Å². The van der Waals surface area contributed by atoms with Crippen molar-refractivity contribution >= 4 is 0 Å². The first-order valence-corrected chi connectivity index (χ1v) is 7.09. The summed E-state index contributed by atoms with van der Waals surface area (Å²) in [6.45, 7) is 7.06. The number of hydrogen-bond donors (Lipinski definition) is 1. The molecule has 16 heavy (non-hydrogen) atoms. The molecular formula is C14H29NO. The van der Waals surface area contributed by atoms with Crippen LogP contribution in [0.1, 0.15) is 52.4 Å². The second-order valence-electron chi connectivity index (χ2n) is 5.18. The Morgan fingerprint density at radius 2 is 2.00 bits per heavy atom. The van der Waals surface area contributed by atoms with Gasteiger partial charge in [-0.15, -0.1) is 0 Å². The van der Waals surface area contributed by atoms with Crippen LogP contribution >= 0.6 is 0 Å². The number of ether oxygens (including phenoxy) is 1. The Hall–Kier alpha value is -0.0800. The largest absolute Gasteiger partial charge is 0.382 e. The molecule has 1 aliphatic carbocycles. The molecule has 1 fully saturated rings. The van der Waals surface area contributed by atoms with Crippen LogP contribution in [-0.4, -0.2) is 19.8 Å². The standard InChI is InChI=1S/C14H29NO/c1-3-12-7-8-14(11-15)13(10-12)6-5-9-16-4-2/h12-14H,3-11,15H2,1-2H3. The van der Waals surface area contributed by atoms with E-state index in [9.17, 15) is 0 Å². The van der Waals surface area contributed by atoms with Crippen LogP contribution in [0, 0.1) is 17.8 Å². The van der Waals surface area contributed by atoms with Gasteiger partial charge < -0.3 is 10.5 Å². The zero-order valence-electron chi connectivity index (χ0n) is 11.1. The minimum atomic E-state index is 0.782.